The first-order chi connectivity index (χ1) is 13.7. The molecule has 1 heterocycles. The van der Waals surface area contributed by atoms with E-state index in [-0.39, 0.29) is 23.2 Å². The van der Waals surface area contributed by atoms with Gasteiger partial charge >= 0.3 is 6.09 Å². The molecule has 1 amide bonds. The van der Waals surface area contributed by atoms with Crippen LogP contribution in [-0.2, 0) is 15.8 Å². The standard InChI is InChI=1S/C19H29N3O5SSi/c1-4-5-6-15-11-19(17(20)28,27-29(2)3)21(12-15)18(23)26-13-14-7-9-16(10-8-14)22(24)25/h7-10,15,29H,4-6,11-13H2,1-3H3,(H2,20,28)/t15-,19+/m1/s1. The predicted octanol–water partition coefficient (Wildman–Crippen LogP) is 3.73. The Morgan fingerprint density at radius 2 is 2.07 bits per heavy atom. The van der Waals surface area contributed by atoms with E-state index in [1.54, 1.807) is 12.1 Å². The van der Waals surface area contributed by atoms with Crippen LogP contribution in [0.3, 0.4) is 0 Å². The molecule has 0 aromatic heterocycles. The molecule has 8 nitrogen and oxygen atoms in total. The number of unbranched alkanes of at least 4 members (excludes halogenated alkanes) is 1. The second-order valence-corrected chi connectivity index (χ2v) is 10.4. The Balaban J connectivity index is 2.14. The lowest BCUT2D eigenvalue weighted by molar-refractivity contribution is -0.384. The Morgan fingerprint density at radius 1 is 1.41 bits per heavy atom. The van der Waals surface area contributed by atoms with Crippen LogP contribution in [0.4, 0.5) is 10.5 Å². The van der Waals surface area contributed by atoms with E-state index in [0.717, 1.165) is 19.3 Å². The zero-order valence-corrected chi connectivity index (χ0v) is 19.1. The van der Waals surface area contributed by atoms with Crippen molar-refractivity contribution in [1.29, 1.82) is 0 Å². The highest BCUT2D eigenvalue weighted by atomic mass is 32.1. The predicted molar refractivity (Wildman–Crippen MR) is 117 cm³/mol. The van der Waals surface area contributed by atoms with Crippen molar-refractivity contribution in [2.75, 3.05) is 6.54 Å². The average molecular weight is 440 g/mol. The van der Waals surface area contributed by atoms with Crippen molar-refractivity contribution in [2.24, 2.45) is 11.7 Å². The molecule has 1 saturated heterocycles. The summed E-state index contributed by atoms with van der Waals surface area (Å²) in [6.45, 7) is 6.64. The fourth-order valence-corrected chi connectivity index (χ4v) is 5.07. The van der Waals surface area contributed by atoms with Crippen molar-refractivity contribution in [3.8, 4) is 0 Å². The maximum atomic E-state index is 12.9. The van der Waals surface area contributed by atoms with E-state index < -0.39 is 25.8 Å². The lowest BCUT2D eigenvalue weighted by Gasteiger charge is -2.38. The number of carbonyl (C=O) groups excluding carboxylic acids is 1. The summed E-state index contributed by atoms with van der Waals surface area (Å²) in [6, 6.07) is 5.90. The summed E-state index contributed by atoms with van der Waals surface area (Å²) in [7, 11) is -1.56. The van der Waals surface area contributed by atoms with Gasteiger partial charge in [-0.15, -0.1) is 0 Å². The number of nitrogens with zero attached hydrogens (tertiary/aromatic N) is 2. The third-order valence-electron chi connectivity index (χ3n) is 4.95. The number of amides is 1. The fraction of sp³-hybridized carbons (Fsp3) is 0.579. The first kappa shape index (κ1) is 23.2. The minimum Gasteiger partial charge on any atom is -0.444 e. The molecule has 1 aromatic rings. The molecule has 1 fully saturated rings. The Bertz CT molecular complexity index is 746. The summed E-state index contributed by atoms with van der Waals surface area (Å²) >= 11 is 5.33. The zero-order chi connectivity index (χ0) is 21.6. The summed E-state index contributed by atoms with van der Waals surface area (Å²) in [6.07, 6.45) is 3.14. The van der Waals surface area contributed by atoms with Gasteiger partial charge in [0.05, 0.1) is 4.92 Å². The monoisotopic (exact) mass is 439 g/mol. The minimum absolute atomic E-state index is 0.000521. The third-order valence-corrected chi connectivity index (χ3v) is 6.13. The van der Waals surface area contributed by atoms with Gasteiger partial charge in [0.15, 0.2) is 14.8 Å². The van der Waals surface area contributed by atoms with E-state index in [1.165, 1.54) is 17.0 Å². The Morgan fingerprint density at radius 3 is 2.59 bits per heavy atom. The molecule has 1 aliphatic rings. The highest BCUT2D eigenvalue weighted by molar-refractivity contribution is 7.80. The molecular weight excluding hydrogens is 410 g/mol. The molecule has 2 rings (SSSR count). The molecule has 1 aliphatic heterocycles. The van der Waals surface area contributed by atoms with Gasteiger partial charge in [0.2, 0.25) is 0 Å². The smallest absolute Gasteiger partial charge is 0.412 e. The largest absolute Gasteiger partial charge is 0.444 e. The first-order valence-electron chi connectivity index (χ1n) is 9.85. The molecular formula is C19H29N3O5SSi. The van der Waals surface area contributed by atoms with Gasteiger partial charge in [0.1, 0.15) is 11.6 Å². The Labute approximate surface area is 178 Å². The van der Waals surface area contributed by atoms with Crippen LogP contribution in [0.1, 0.15) is 38.2 Å². The number of non-ortho nitro benzene ring substituents is 1. The number of hydrogen-bond acceptors (Lipinski definition) is 6. The molecule has 10 heteroatoms. The Hall–Kier alpha value is -2.04. The number of rotatable bonds is 9. The lowest BCUT2D eigenvalue weighted by Crippen LogP contribution is -2.58. The summed E-state index contributed by atoms with van der Waals surface area (Å²) in [4.78, 5) is 24.9. The van der Waals surface area contributed by atoms with Crippen molar-refractivity contribution in [1.82, 2.24) is 4.90 Å². The van der Waals surface area contributed by atoms with E-state index in [2.05, 4.69) is 6.92 Å². The second kappa shape index (κ2) is 10.1. The molecule has 0 bridgehead atoms. The van der Waals surface area contributed by atoms with Crippen LogP contribution >= 0.6 is 12.2 Å². The minimum atomic E-state index is -1.56. The Kier molecular flexibility index (Phi) is 8.11. The van der Waals surface area contributed by atoms with Gasteiger partial charge in [-0.3, -0.25) is 15.0 Å². The van der Waals surface area contributed by atoms with E-state index in [9.17, 15) is 14.9 Å². The summed E-state index contributed by atoms with van der Waals surface area (Å²) in [5, 5.41) is 10.8. The third kappa shape index (κ3) is 5.74. The average Bonchev–Trinajstić information content (AvgIpc) is 3.03. The number of carbonyl (C=O) groups is 1. The SMILES string of the molecule is CCCC[C@H]1CN(C(=O)OCc2ccc([N+](=O)[O-])cc2)[C@@](O[SiH](C)C)(C(N)=S)C1. The number of nitrogens with two attached hydrogens (primary N) is 1. The number of nitro groups is 1. The van der Waals surface area contributed by atoms with E-state index >= 15 is 0 Å². The quantitative estimate of drug-likeness (QED) is 0.270. The zero-order valence-electron chi connectivity index (χ0n) is 17.1. The molecule has 1 aromatic carbocycles. The molecule has 0 unspecified atom stereocenters. The summed E-state index contributed by atoms with van der Waals surface area (Å²) in [5.41, 5.74) is 5.62. The van der Waals surface area contributed by atoms with E-state index in [0.29, 0.717) is 18.5 Å². The van der Waals surface area contributed by atoms with Crippen LogP contribution in [-0.4, -0.2) is 42.2 Å². The van der Waals surface area contributed by atoms with Gasteiger partial charge in [0.25, 0.3) is 5.69 Å². The highest BCUT2D eigenvalue weighted by Gasteiger charge is 2.52. The molecule has 29 heavy (non-hydrogen) atoms. The van der Waals surface area contributed by atoms with Crippen LogP contribution in [0.5, 0.6) is 0 Å². The number of ether oxygens (including phenoxy) is 1. The second-order valence-electron chi connectivity index (χ2n) is 7.62. The molecule has 0 spiro atoms. The first-order valence-corrected chi connectivity index (χ1v) is 13.0. The number of benzene rings is 1. The fourth-order valence-electron chi connectivity index (χ4n) is 3.61. The molecule has 0 saturated carbocycles. The number of thiocarbonyl (C=S) groups is 1. The summed E-state index contributed by atoms with van der Waals surface area (Å²) < 4.78 is 11.7. The molecule has 2 atom stereocenters. The van der Waals surface area contributed by atoms with E-state index in [1.807, 2.05) is 13.1 Å². The lowest BCUT2D eigenvalue weighted by atomic mass is 9.97. The van der Waals surface area contributed by atoms with Gasteiger partial charge in [0, 0.05) is 25.1 Å². The molecule has 0 aliphatic carbocycles. The normalized spacial score (nSPS) is 21.4. The molecule has 160 valence electrons. The van der Waals surface area contributed by atoms with Crippen LogP contribution in [0, 0.1) is 16.0 Å². The van der Waals surface area contributed by atoms with Crippen LogP contribution < -0.4 is 5.73 Å². The summed E-state index contributed by atoms with van der Waals surface area (Å²) in [5.74, 6) is 0.246. The van der Waals surface area contributed by atoms with Crippen molar-refractivity contribution in [3.05, 3.63) is 39.9 Å². The van der Waals surface area contributed by atoms with Gasteiger partial charge in [-0.2, -0.15) is 0 Å². The number of likely N-dealkylation sites (tertiary alicyclic amines) is 1. The highest BCUT2D eigenvalue weighted by Crippen LogP contribution is 2.38. The van der Waals surface area contributed by atoms with Crippen molar-refractivity contribution in [3.63, 3.8) is 0 Å². The van der Waals surface area contributed by atoms with Crippen LogP contribution in [0.15, 0.2) is 24.3 Å². The molecule has 0 radical (unpaired) electrons. The van der Waals surface area contributed by atoms with Crippen LogP contribution in [0.25, 0.3) is 0 Å². The maximum absolute atomic E-state index is 12.9. The molecule has 2 N–H and O–H groups in total. The number of nitro benzene ring substituents is 1. The van der Waals surface area contributed by atoms with Crippen LogP contribution in [0.2, 0.25) is 13.1 Å². The van der Waals surface area contributed by atoms with Gasteiger partial charge in [-0.05, 0) is 43.1 Å². The van der Waals surface area contributed by atoms with Crippen molar-refractivity contribution >= 4 is 38.0 Å². The number of hydrogen-bond donors (Lipinski definition) is 1. The van der Waals surface area contributed by atoms with Gasteiger partial charge in [-0.1, -0.05) is 32.0 Å². The van der Waals surface area contributed by atoms with Crippen molar-refractivity contribution < 1.29 is 18.9 Å². The van der Waals surface area contributed by atoms with E-state index in [4.69, 9.17) is 27.1 Å². The van der Waals surface area contributed by atoms with Gasteiger partial charge < -0.3 is 14.9 Å². The van der Waals surface area contributed by atoms with Gasteiger partial charge in [-0.25, -0.2) is 4.79 Å². The maximum Gasteiger partial charge on any atom is 0.412 e. The topological polar surface area (TPSA) is 108 Å². The van der Waals surface area contributed by atoms with Crippen molar-refractivity contribution in [2.45, 2.75) is 58.0 Å².